The van der Waals surface area contributed by atoms with Crippen LogP contribution in [0, 0.1) is 0 Å². The molecule has 0 saturated carbocycles. The van der Waals surface area contributed by atoms with E-state index in [1.54, 1.807) is 5.01 Å². The van der Waals surface area contributed by atoms with Crippen LogP contribution < -0.4 is 11.0 Å². The molecule has 0 atom stereocenters. The molecule has 1 heterocycles. The van der Waals surface area contributed by atoms with Crippen molar-refractivity contribution in [3.8, 4) is 0 Å². The molecule has 16 heavy (non-hydrogen) atoms. The molecular weight excluding hydrogens is 202 g/mol. The Morgan fingerprint density at radius 2 is 1.88 bits per heavy atom. The molecule has 0 unspecified atom stereocenters. The lowest BCUT2D eigenvalue weighted by atomic mass is 10.2. The lowest BCUT2D eigenvalue weighted by Gasteiger charge is -2.31. The average Bonchev–Trinajstić information content (AvgIpc) is 2.54. The summed E-state index contributed by atoms with van der Waals surface area (Å²) in [5.41, 5.74) is 0.845. The second kappa shape index (κ2) is 4.99. The molecule has 0 bridgehead atoms. The molecule has 1 aromatic rings. The zero-order valence-electron chi connectivity index (χ0n) is 9.30. The van der Waals surface area contributed by atoms with E-state index in [0.29, 0.717) is 13.0 Å². The molecule has 0 aliphatic carbocycles. The highest BCUT2D eigenvalue weighted by molar-refractivity contribution is 5.78. The van der Waals surface area contributed by atoms with Gasteiger partial charge in [0.1, 0.15) is 0 Å². The van der Waals surface area contributed by atoms with E-state index in [1.165, 1.54) is 5.12 Å². The van der Waals surface area contributed by atoms with Crippen molar-refractivity contribution in [1.82, 2.24) is 5.01 Å². The summed E-state index contributed by atoms with van der Waals surface area (Å²) in [6, 6.07) is 9.56. The highest BCUT2D eigenvalue weighted by Crippen LogP contribution is 2.17. The average molecular weight is 219 g/mol. The van der Waals surface area contributed by atoms with Gasteiger partial charge in [-0.2, -0.15) is 0 Å². The van der Waals surface area contributed by atoms with Gasteiger partial charge < -0.3 is 0 Å². The van der Waals surface area contributed by atoms with Gasteiger partial charge in [0.2, 0.25) is 5.91 Å². The molecule has 0 aromatic heterocycles. The molecule has 1 amide bonds. The first-order valence-corrected chi connectivity index (χ1v) is 5.69. The molecule has 1 aromatic carbocycles. The third-order valence-corrected chi connectivity index (χ3v) is 2.83. The predicted molar refractivity (Wildman–Crippen MR) is 63.3 cm³/mol. The van der Waals surface area contributed by atoms with Crippen molar-refractivity contribution < 1.29 is 4.79 Å². The first-order chi connectivity index (χ1) is 7.79. The number of carbonyl (C=O) groups excluding carboxylic acids is 1. The number of hydrazine groups is 2. The fraction of sp³-hybridized carbons (Fsp3) is 0.417. The maximum Gasteiger partial charge on any atom is 0.242 e. The Kier molecular flexibility index (Phi) is 3.41. The van der Waals surface area contributed by atoms with E-state index >= 15 is 0 Å². The summed E-state index contributed by atoms with van der Waals surface area (Å²) < 4.78 is 0. The molecule has 4 nitrogen and oxygen atoms in total. The van der Waals surface area contributed by atoms with E-state index in [-0.39, 0.29) is 5.91 Å². The summed E-state index contributed by atoms with van der Waals surface area (Å²) >= 11 is 0. The van der Waals surface area contributed by atoms with Gasteiger partial charge in [-0.3, -0.25) is 4.79 Å². The van der Waals surface area contributed by atoms with Gasteiger partial charge in [0.05, 0.1) is 5.69 Å². The maximum atomic E-state index is 11.8. The highest BCUT2D eigenvalue weighted by atomic mass is 16.2. The third kappa shape index (κ3) is 2.33. The zero-order valence-corrected chi connectivity index (χ0v) is 9.30. The monoisotopic (exact) mass is 219 g/mol. The quantitative estimate of drug-likeness (QED) is 0.608. The van der Waals surface area contributed by atoms with Crippen LogP contribution in [0.15, 0.2) is 30.3 Å². The van der Waals surface area contributed by atoms with E-state index in [9.17, 15) is 4.79 Å². The van der Waals surface area contributed by atoms with Crippen molar-refractivity contribution in [3.63, 3.8) is 0 Å². The SMILES string of the molecule is NN(c1ccccc1)N1CCCCCC1=O. The number of nitrogens with zero attached hydrogens (tertiary/aromatic N) is 2. The summed E-state index contributed by atoms with van der Waals surface area (Å²) in [5, 5.41) is 3.11. The first kappa shape index (κ1) is 11.0. The summed E-state index contributed by atoms with van der Waals surface area (Å²) in [7, 11) is 0. The Morgan fingerprint density at radius 3 is 2.62 bits per heavy atom. The van der Waals surface area contributed by atoms with E-state index < -0.39 is 0 Å². The van der Waals surface area contributed by atoms with Crippen LogP contribution in [-0.4, -0.2) is 17.5 Å². The molecule has 1 fully saturated rings. The number of carbonyl (C=O) groups is 1. The smallest absolute Gasteiger partial charge is 0.242 e. The van der Waals surface area contributed by atoms with Crippen molar-refractivity contribution in [1.29, 1.82) is 0 Å². The van der Waals surface area contributed by atoms with Gasteiger partial charge in [0.25, 0.3) is 0 Å². The van der Waals surface area contributed by atoms with E-state index in [0.717, 1.165) is 24.9 Å². The van der Waals surface area contributed by atoms with Gasteiger partial charge in [-0.1, -0.05) is 24.6 Å². The number of nitrogens with two attached hydrogens (primary N) is 1. The largest absolute Gasteiger partial charge is 0.273 e. The maximum absolute atomic E-state index is 11.8. The second-order valence-electron chi connectivity index (χ2n) is 4.01. The Bertz CT molecular complexity index is 353. The van der Waals surface area contributed by atoms with Gasteiger partial charge in [0, 0.05) is 13.0 Å². The van der Waals surface area contributed by atoms with E-state index in [2.05, 4.69) is 0 Å². The fourth-order valence-corrected chi connectivity index (χ4v) is 1.92. The standard InChI is InChI=1S/C12H17N3O/c13-15(11-7-3-1-4-8-11)14-10-6-2-5-9-12(14)16/h1,3-4,7-8H,2,5-6,9-10,13H2. The molecular formula is C12H17N3O. The lowest BCUT2D eigenvalue weighted by Crippen LogP contribution is -2.51. The van der Waals surface area contributed by atoms with E-state index in [1.807, 2.05) is 30.3 Å². The Hall–Kier alpha value is -1.55. The molecule has 2 N–H and O–H groups in total. The summed E-state index contributed by atoms with van der Waals surface area (Å²) in [6.45, 7) is 0.713. The van der Waals surface area contributed by atoms with Crippen LogP contribution in [0.1, 0.15) is 25.7 Å². The summed E-state index contributed by atoms with van der Waals surface area (Å²) in [6.07, 6.45) is 3.69. The molecule has 1 aliphatic rings. The van der Waals surface area contributed by atoms with Gasteiger partial charge in [0.15, 0.2) is 0 Å². The second-order valence-corrected chi connectivity index (χ2v) is 4.01. The molecule has 1 aliphatic heterocycles. The van der Waals surface area contributed by atoms with Gasteiger partial charge in [-0.05, 0) is 25.0 Å². The van der Waals surface area contributed by atoms with Crippen molar-refractivity contribution in [2.24, 2.45) is 5.84 Å². The number of benzene rings is 1. The minimum Gasteiger partial charge on any atom is -0.273 e. The molecule has 86 valence electrons. The van der Waals surface area contributed by atoms with Crippen LogP contribution in [0.25, 0.3) is 0 Å². The zero-order chi connectivity index (χ0) is 11.4. The Morgan fingerprint density at radius 1 is 1.12 bits per heavy atom. The van der Waals surface area contributed by atoms with Gasteiger partial charge in [-0.25, -0.2) is 16.0 Å². The number of rotatable bonds is 2. The first-order valence-electron chi connectivity index (χ1n) is 5.69. The van der Waals surface area contributed by atoms with Crippen LogP contribution in [0.5, 0.6) is 0 Å². The minimum absolute atomic E-state index is 0.115. The van der Waals surface area contributed by atoms with Crippen molar-refractivity contribution in [2.45, 2.75) is 25.7 Å². The van der Waals surface area contributed by atoms with Gasteiger partial charge >= 0.3 is 0 Å². The number of amides is 1. The number of anilines is 1. The number of para-hydroxylation sites is 1. The van der Waals surface area contributed by atoms with Gasteiger partial charge in [-0.15, -0.1) is 0 Å². The molecule has 4 heteroatoms. The normalized spacial score (nSPS) is 17.1. The topological polar surface area (TPSA) is 49.6 Å². The van der Waals surface area contributed by atoms with E-state index in [4.69, 9.17) is 5.84 Å². The van der Waals surface area contributed by atoms with Crippen LogP contribution in [0.4, 0.5) is 5.69 Å². The number of hydrogen-bond donors (Lipinski definition) is 1. The van der Waals surface area contributed by atoms with Crippen LogP contribution >= 0.6 is 0 Å². The molecule has 0 radical (unpaired) electrons. The number of hydrogen-bond acceptors (Lipinski definition) is 3. The molecule has 0 spiro atoms. The Balaban J connectivity index is 2.13. The molecule has 1 saturated heterocycles. The van der Waals surface area contributed by atoms with Crippen molar-refractivity contribution in [2.75, 3.05) is 11.7 Å². The summed E-state index contributed by atoms with van der Waals surface area (Å²) in [4.78, 5) is 11.8. The third-order valence-electron chi connectivity index (χ3n) is 2.83. The summed E-state index contributed by atoms with van der Waals surface area (Å²) in [5.74, 6) is 6.08. The van der Waals surface area contributed by atoms with Crippen LogP contribution in [0.2, 0.25) is 0 Å². The lowest BCUT2D eigenvalue weighted by molar-refractivity contribution is -0.131. The van der Waals surface area contributed by atoms with Crippen molar-refractivity contribution in [3.05, 3.63) is 30.3 Å². The predicted octanol–water partition coefficient (Wildman–Crippen LogP) is 1.68. The minimum atomic E-state index is 0.115. The Labute approximate surface area is 95.6 Å². The van der Waals surface area contributed by atoms with Crippen LogP contribution in [-0.2, 0) is 4.79 Å². The van der Waals surface area contributed by atoms with Crippen LogP contribution in [0.3, 0.4) is 0 Å². The van der Waals surface area contributed by atoms with Crippen molar-refractivity contribution >= 4 is 11.6 Å². The fourth-order valence-electron chi connectivity index (χ4n) is 1.92. The molecule has 2 rings (SSSR count). The highest BCUT2D eigenvalue weighted by Gasteiger charge is 2.21.